The number of sulfone groups is 1. The molecular formula is C14H27ClN2O3S. The molecule has 2 fully saturated rings. The van der Waals surface area contributed by atoms with Gasteiger partial charge < -0.3 is 10.6 Å². The summed E-state index contributed by atoms with van der Waals surface area (Å²) in [6.07, 6.45) is 5.15. The van der Waals surface area contributed by atoms with Crippen LogP contribution in [-0.2, 0) is 14.6 Å². The number of carbonyl (C=O) groups is 1. The first-order valence-electron chi connectivity index (χ1n) is 7.65. The Bertz CT molecular complexity index is 439. The first kappa shape index (κ1) is 18.7. The molecule has 1 saturated heterocycles. The second-order valence-electron chi connectivity index (χ2n) is 6.29. The van der Waals surface area contributed by atoms with Crippen LogP contribution in [0.5, 0.6) is 0 Å². The minimum atomic E-state index is -3.25. The minimum Gasteiger partial charge on any atom is -0.342 e. The number of amides is 1. The SMILES string of the molecule is CC(N)C1CCN(C(=O)CS(=O)(=O)C2CCCC2)CC1.Cl. The Morgan fingerprint density at radius 3 is 2.19 bits per heavy atom. The molecule has 0 spiro atoms. The normalized spacial score (nSPS) is 22.9. The first-order valence-corrected chi connectivity index (χ1v) is 9.36. The van der Waals surface area contributed by atoms with Crippen LogP contribution in [-0.4, -0.2) is 49.4 Å². The monoisotopic (exact) mass is 338 g/mol. The van der Waals surface area contributed by atoms with Gasteiger partial charge in [0.25, 0.3) is 0 Å². The summed E-state index contributed by atoms with van der Waals surface area (Å²) in [6.45, 7) is 3.28. The van der Waals surface area contributed by atoms with Crippen molar-refractivity contribution < 1.29 is 13.2 Å². The van der Waals surface area contributed by atoms with E-state index in [9.17, 15) is 13.2 Å². The molecule has 5 nitrogen and oxygen atoms in total. The van der Waals surface area contributed by atoms with Crippen LogP contribution in [0.4, 0.5) is 0 Å². The third kappa shape index (κ3) is 4.83. The van der Waals surface area contributed by atoms with Gasteiger partial charge in [-0.25, -0.2) is 8.42 Å². The largest absolute Gasteiger partial charge is 0.342 e. The van der Waals surface area contributed by atoms with Crippen molar-refractivity contribution in [1.82, 2.24) is 4.90 Å². The van der Waals surface area contributed by atoms with Crippen LogP contribution in [0.3, 0.4) is 0 Å². The Balaban J connectivity index is 0.00000220. The fraction of sp³-hybridized carbons (Fsp3) is 0.929. The molecule has 2 aliphatic rings. The number of likely N-dealkylation sites (tertiary alicyclic amines) is 1. The van der Waals surface area contributed by atoms with Crippen molar-refractivity contribution in [2.24, 2.45) is 11.7 Å². The maximum absolute atomic E-state index is 12.2. The molecule has 7 heteroatoms. The number of halogens is 1. The Morgan fingerprint density at radius 1 is 1.19 bits per heavy atom. The summed E-state index contributed by atoms with van der Waals surface area (Å²) in [5.41, 5.74) is 5.87. The van der Waals surface area contributed by atoms with E-state index in [-0.39, 0.29) is 35.4 Å². The van der Waals surface area contributed by atoms with Gasteiger partial charge in [0, 0.05) is 19.1 Å². The van der Waals surface area contributed by atoms with Gasteiger partial charge in [0.15, 0.2) is 9.84 Å². The van der Waals surface area contributed by atoms with Gasteiger partial charge in [0.2, 0.25) is 5.91 Å². The van der Waals surface area contributed by atoms with Crippen molar-refractivity contribution in [3.8, 4) is 0 Å². The zero-order valence-corrected chi connectivity index (χ0v) is 14.3. The summed E-state index contributed by atoms with van der Waals surface area (Å²) >= 11 is 0. The van der Waals surface area contributed by atoms with Crippen LogP contribution in [0.25, 0.3) is 0 Å². The summed E-state index contributed by atoms with van der Waals surface area (Å²) < 4.78 is 24.4. The minimum absolute atomic E-state index is 0. The maximum atomic E-state index is 12.2. The van der Waals surface area contributed by atoms with Crippen molar-refractivity contribution in [1.29, 1.82) is 0 Å². The highest BCUT2D eigenvalue weighted by Gasteiger charge is 2.33. The quantitative estimate of drug-likeness (QED) is 0.839. The van der Waals surface area contributed by atoms with Gasteiger partial charge in [0.05, 0.1) is 5.25 Å². The molecule has 1 amide bonds. The van der Waals surface area contributed by atoms with Gasteiger partial charge in [-0.1, -0.05) is 12.8 Å². The van der Waals surface area contributed by atoms with Gasteiger partial charge in [-0.05, 0) is 38.5 Å². The summed E-state index contributed by atoms with van der Waals surface area (Å²) in [5.74, 6) is -0.0777. The van der Waals surface area contributed by atoms with Crippen LogP contribution >= 0.6 is 12.4 Å². The van der Waals surface area contributed by atoms with E-state index >= 15 is 0 Å². The molecule has 1 saturated carbocycles. The van der Waals surface area contributed by atoms with E-state index < -0.39 is 9.84 Å². The van der Waals surface area contributed by atoms with Crippen molar-refractivity contribution in [2.45, 2.75) is 56.7 Å². The van der Waals surface area contributed by atoms with E-state index in [0.717, 1.165) is 38.5 Å². The fourth-order valence-corrected chi connectivity index (χ4v) is 5.12. The van der Waals surface area contributed by atoms with Crippen LogP contribution in [0.2, 0.25) is 0 Å². The van der Waals surface area contributed by atoms with E-state index in [4.69, 9.17) is 5.73 Å². The molecule has 1 heterocycles. The second-order valence-corrected chi connectivity index (χ2v) is 8.57. The molecule has 21 heavy (non-hydrogen) atoms. The highest BCUT2D eigenvalue weighted by Crippen LogP contribution is 2.26. The topological polar surface area (TPSA) is 80.5 Å². The predicted octanol–water partition coefficient (Wildman–Crippen LogP) is 1.35. The van der Waals surface area contributed by atoms with E-state index in [1.54, 1.807) is 4.90 Å². The Labute approximate surface area is 134 Å². The van der Waals surface area contributed by atoms with Crippen molar-refractivity contribution in [3.05, 3.63) is 0 Å². The van der Waals surface area contributed by atoms with Crippen LogP contribution in [0, 0.1) is 5.92 Å². The van der Waals surface area contributed by atoms with Gasteiger partial charge in [-0.3, -0.25) is 4.79 Å². The number of carbonyl (C=O) groups excluding carboxylic acids is 1. The molecule has 0 aromatic rings. The van der Waals surface area contributed by atoms with Gasteiger partial charge in [-0.15, -0.1) is 12.4 Å². The second kappa shape index (κ2) is 7.79. The summed E-state index contributed by atoms with van der Waals surface area (Å²) in [6, 6.07) is 0.148. The Hall–Kier alpha value is -0.330. The first-order chi connectivity index (χ1) is 9.40. The lowest BCUT2D eigenvalue weighted by molar-refractivity contribution is -0.129. The van der Waals surface area contributed by atoms with E-state index in [1.165, 1.54) is 0 Å². The number of nitrogens with zero attached hydrogens (tertiary/aromatic N) is 1. The number of hydrogen-bond donors (Lipinski definition) is 1. The lowest BCUT2D eigenvalue weighted by Crippen LogP contribution is -2.45. The zero-order valence-electron chi connectivity index (χ0n) is 12.7. The number of nitrogens with two attached hydrogens (primary N) is 1. The number of hydrogen-bond acceptors (Lipinski definition) is 4. The summed E-state index contributed by atoms with van der Waals surface area (Å²) in [5, 5.41) is -0.284. The molecule has 1 atom stereocenters. The third-order valence-corrected chi connectivity index (χ3v) is 6.91. The Kier molecular flexibility index (Phi) is 6.94. The summed E-state index contributed by atoms with van der Waals surface area (Å²) in [7, 11) is -3.25. The molecule has 1 aliphatic heterocycles. The van der Waals surface area contributed by atoms with Gasteiger partial charge >= 0.3 is 0 Å². The number of piperidine rings is 1. The summed E-state index contributed by atoms with van der Waals surface area (Å²) in [4.78, 5) is 13.9. The number of rotatable bonds is 4. The van der Waals surface area contributed by atoms with E-state index in [2.05, 4.69) is 0 Å². The third-order valence-electron chi connectivity index (χ3n) is 4.77. The molecule has 1 unspecified atom stereocenters. The van der Waals surface area contributed by atoms with E-state index in [0.29, 0.717) is 19.0 Å². The average molecular weight is 339 g/mol. The van der Waals surface area contributed by atoms with E-state index in [1.807, 2.05) is 6.92 Å². The molecule has 1 aliphatic carbocycles. The van der Waals surface area contributed by atoms with Crippen molar-refractivity contribution in [2.75, 3.05) is 18.8 Å². The van der Waals surface area contributed by atoms with Crippen molar-refractivity contribution in [3.63, 3.8) is 0 Å². The highest BCUT2D eigenvalue weighted by atomic mass is 35.5. The van der Waals surface area contributed by atoms with Crippen LogP contribution in [0.1, 0.15) is 45.4 Å². The highest BCUT2D eigenvalue weighted by molar-refractivity contribution is 7.92. The molecule has 2 rings (SSSR count). The fourth-order valence-electron chi connectivity index (χ4n) is 3.30. The standard InChI is InChI=1S/C14H26N2O3S.ClH/c1-11(15)12-6-8-16(9-7-12)14(17)10-20(18,19)13-4-2-3-5-13;/h11-13H,2-10,15H2,1H3;1H. The maximum Gasteiger partial charge on any atom is 0.237 e. The molecule has 124 valence electrons. The molecular weight excluding hydrogens is 312 g/mol. The van der Waals surface area contributed by atoms with Crippen LogP contribution in [0.15, 0.2) is 0 Å². The lowest BCUT2D eigenvalue weighted by atomic mass is 9.91. The van der Waals surface area contributed by atoms with Gasteiger partial charge in [0.1, 0.15) is 5.75 Å². The smallest absolute Gasteiger partial charge is 0.237 e. The van der Waals surface area contributed by atoms with Crippen LogP contribution < -0.4 is 5.73 Å². The van der Waals surface area contributed by atoms with Crippen molar-refractivity contribution >= 4 is 28.2 Å². The average Bonchev–Trinajstić information content (AvgIpc) is 2.93. The molecule has 0 radical (unpaired) electrons. The molecule has 0 aromatic carbocycles. The molecule has 2 N–H and O–H groups in total. The molecule has 0 bridgehead atoms. The molecule has 0 aromatic heterocycles. The zero-order chi connectivity index (χ0) is 14.8. The lowest BCUT2D eigenvalue weighted by Gasteiger charge is -2.33. The Morgan fingerprint density at radius 2 is 1.71 bits per heavy atom. The van der Waals surface area contributed by atoms with Gasteiger partial charge in [-0.2, -0.15) is 0 Å². The predicted molar refractivity (Wildman–Crippen MR) is 86.2 cm³/mol.